The van der Waals surface area contributed by atoms with Gasteiger partial charge in [-0.1, -0.05) is 48.5 Å². The SMILES string of the molecule is COc1ccc(Cn2nc(Nc3ccccc3NC(=O)C=CCN(C)C3CC3)c3c(Oc4ccc(Oc5ccccc5)cc4)ccnc32)cc1. The highest BCUT2D eigenvalue weighted by Gasteiger charge is 2.25. The van der Waals surface area contributed by atoms with Gasteiger partial charge in [0, 0.05) is 30.9 Å². The molecule has 4 aromatic carbocycles. The van der Waals surface area contributed by atoms with E-state index >= 15 is 0 Å². The smallest absolute Gasteiger partial charge is 0.248 e. The number of amides is 1. The van der Waals surface area contributed by atoms with Crippen LogP contribution in [-0.4, -0.2) is 52.3 Å². The average Bonchev–Trinajstić information content (AvgIpc) is 3.94. The van der Waals surface area contributed by atoms with Gasteiger partial charge in [-0.15, -0.1) is 0 Å². The highest BCUT2D eigenvalue weighted by molar-refractivity contribution is 6.03. The molecule has 50 heavy (non-hydrogen) atoms. The molecule has 7 rings (SSSR count). The van der Waals surface area contributed by atoms with Crippen LogP contribution in [0.4, 0.5) is 17.2 Å². The molecule has 0 aliphatic heterocycles. The molecule has 0 bridgehead atoms. The van der Waals surface area contributed by atoms with Crippen molar-refractivity contribution in [2.75, 3.05) is 31.3 Å². The fourth-order valence-corrected chi connectivity index (χ4v) is 5.58. The minimum absolute atomic E-state index is 0.205. The van der Waals surface area contributed by atoms with Gasteiger partial charge in [0.1, 0.15) is 34.1 Å². The van der Waals surface area contributed by atoms with Crippen LogP contribution in [0.3, 0.4) is 0 Å². The number of likely N-dealkylation sites (N-methyl/N-ethyl adjacent to an activating group) is 1. The predicted octanol–water partition coefficient (Wildman–Crippen LogP) is 8.41. The topological polar surface area (TPSA) is 103 Å². The molecular formula is C40H38N6O4. The molecule has 1 aliphatic carbocycles. The lowest BCUT2D eigenvalue weighted by molar-refractivity contribution is -0.111. The van der Waals surface area contributed by atoms with Crippen molar-refractivity contribution in [3.05, 3.63) is 133 Å². The van der Waals surface area contributed by atoms with E-state index in [9.17, 15) is 4.79 Å². The number of pyridine rings is 1. The Morgan fingerprint density at radius 1 is 0.840 bits per heavy atom. The summed E-state index contributed by atoms with van der Waals surface area (Å²) in [5.41, 5.74) is 2.96. The van der Waals surface area contributed by atoms with Gasteiger partial charge < -0.3 is 24.8 Å². The molecule has 0 unspecified atom stereocenters. The fraction of sp³-hybridized carbons (Fsp3) is 0.175. The number of methoxy groups -OCH3 is 1. The van der Waals surface area contributed by atoms with Gasteiger partial charge in [0.05, 0.1) is 25.0 Å². The van der Waals surface area contributed by atoms with Crippen LogP contribution in [0, 0.1) is 0 Å². The van der Waals surface area contributed by atoms with E-state index in [1.807, 2.05) is 120 Å². The number of carbonyl (C=O) groups is 1. The van der Waals surface area contributed by atoms with Crippen LogP contribution < -0.4 is 24.8 Å². The van der Waals surface area contributed by atoms with E-state index in [2.05, 4.69) is 22.6 Å². The van der Waals surface area contributed by atoms with Gasteiger partial charge in [-0.2, -0.15) is 5.10 Å². The molecule has 1 fully saturated rings. The number of hydrogen-bond acceptors (Lipinski definition) is 8. The number of fused-ring (bicyclic) bond motifs is 1. The largest absolute Gasteiger partial charge is 0.497 e. The molecule has 0 atom stereocenters. The van der Waals surface area contributed by atoms with Crippen molar-refractivity contribution in [3.8, 4) is 28.7 Å². The summed E-state index contributed by atoms with van der Waals surface area (Å²) < 4.78 is 19.6. The lowest BCUT2D eigenvalue weighted by Gasteiger charge is -2.13. The van der Waals surface area contributed by atoms with Crippen molar-refractivity contribution in [3.63, 3.8) is 0 Å². The number of para-hydroxylation sites is 3. The quantitative estimate of drug-likeness (QED) is 0.112. The second-order valence-corrected chi connectivity index (χ2v) is 12.1. The third-order valence-corrected chi connectivity index (χ3v) is 8.39. The third kappa shape index (κ3) is 7.94. The Morgan fingerprint density at radius 2 is 1.50 bits per heavy atom. The van der Waals surface area contributed by atoms with Crippen molar-refractivity contribution in [1.82, 2.24) is 19.7 Å². The Balaban J connectivity index is 1.17. The minimum atomic E-state index is -0.205. The number of ether oxygens (including phenoxy) is 3. The van der Waals surface area contributed by atoms with Crippen LogP contribution in [0.2, 0.25) is 0 Å². The average molecular weight is 667 g/mol. The van der Waals surface area contributed by atoms with Gasteiger partial charge in [-0.25, -0.2) is 9.67 Å². The number of benzene rings is 4. The van der Waals surface area contributed by atoms with E-state index in [4.69, 9.17) is 24.3 Å². The molecule has 10 heteroatoms. The van der Waals surface area contributed by atoms with Crippen molar-refractivity contribution in [2.24, 2.45) is 0 Å². The van der Waals surface area contributed by atoms with E-state index in [0.717, 1.165) is 23.6 Å². The van der Waals surface area contributed by atoms with E-state index in [1.165, 1.54) is 12.8 Å². The van der Waals surface area contributed by atoms with Gasteiger partial charge in [-0.3, -0.25) is 9.69 Å². The molecule has 2 heterocycles. The van der Waals surface area contributed by atoms with Gasteiger partial charge in [0.15, 0.2) is 11.5 Å². The maximum Gasteiger partial charge on any atom is 0.248 e. The molecule has 1 amide bonds. The molecule has 0 spiro atoms. The Bertz CT molecular complexity index is 2090. The lowest BCUT2D eigenvalue weighted by Crippen LogP contribution is -2.20. The molecule has 0 saturated heterocycles. The van der Waals surface area contributed by atoms with Gasteiger partial charge in [0.2, 0.25) is 5.91 Å². The second-order valence-electron chi connectivity index (χ2n) is 12.1. The second kappa shape index (κ2) is 15.0. The first kappa shape index (κ1) is 32.4. The number of nitrogens with zero attached hydrogens (tertiary/aromatic N) is 4. The molecular weight excluding hydrogens is 628 g/mol. The molecule has 10 nitrogen and oxygen atoms in total. The maximum absolute atomic E-state index is 12.9. The van der Waals surface area contributed by atoms with Crippen molar-refractivity contribution >= 4 is 34.1 Å². The summed E-state index contributed by atoms with van der Waals surface area (Å²) in [7, 11) is 3.73. The van der Waals surface area contributed by atoms with Crippen molar-refractivity contribution in [2.45, 2.75) is 25.4 Å². The zero-order valence-electron chi connectivity index (χ0n) is 28.0. The minimum Gasteiger partial charge on any atom is -0.497 e. The van der Waals surface area contributed by atoms with Crippen LogP contribution >= 0.6 is 0 Å². The highest BCUT2D eigenvalue weighted by atomic mass is 16.5. The van der Waals surface area contributed by atoms with Crippen molar-refractivity contribution < 1.29 is 19.0 Å². The zero-order valence-corrected chi connectivity index (χ0v) is 28.0. The van der Waals surface area contributed by atoms with Gasteiger partial charge in [0.25, 0.3) is 0 Å². The standard InChI is InChI=1S/C40H38N6O4/c1-45(29-16-17-29)26-8-13-37(47)42-34-11-6-7-12-35(34)43-39-38-36(50-33-22-20-32(21-23-33)49-31-9-4-3-5-10-31)24-25-41-40(38)46(44-39)27-28-14-18-30(48-2)19-15-28/h3-15,18-25,29H,16-17,26-27H2,1-2H3,(H,42,47)(H,43,44). The summed E-state index contributed by atoms with van der Waals surface area (Å²) >= 11 is 0. The summed E-state index contributed by atoms with van der Waals surface area (Å²) in [6, 6.07) is 34.9. The third-order valence-electron chi connectivity index (χ3n) is 8.39. The van der Waals surface area contributed by atoms with E-state index in [1.54, 1.807) is 19.4 Å². The first-order chi connectivity index (χ1) is 24.5. The molecule has 1 aliphatic rings. The number of rotatable bonds is 14. The van der Waals surface area contributed by atoms with Gasteiger partial charge in [-0.05, 0) is 86.1 Å². The Labute approximate surface area is 290 Å². The first-order valence-electron chi connectivity index (χ1n) is 16.6. The van der Waals surface area contributed by atoms with Crippen LogP contribution in [0.15, 0.2) is 128 Å². The summed E-state index contributed by atoms with van der Waals surface area (Å²) in [6.07, 6.45) is 7.63. The Morgan fingerprint density at radius 3 is 2.22 bits per heavy atom. The highest BCUT2D eigenvalue weighted by Crippen LogP contribution is 2.37. The number of nitrogens with one attached hydrogen (secondary N) is 2. The van der Waals surface area contributed by atoms with E-state index < -0.39 is 0 Å². The maximum atomic E-state index is 12.9. The Hall–Kier alpha value is -6.13. The van der Waals surface area contributed by atoms with Crippen LogP contribution in [-0.2, 0) is 11.3 Å². The van der Waals surface area contributed by atoms with Crippen LogP contribution in [0.1, 0.15) is 18.4 Å². The number of carbonyl (C=O) groups excluding carboxylic acids is 1. The summed E-state index contributed by atoms with van der Waals surface area (Å²) in [5.74, 6) is 3.75. The summed E-state index contributed by atoms with van der Waals surface area (Å²) in [6.45, 7) is 1.19. The number of aromatic nitrogens is 3. The number of anilines is 3. The van der Waals surface area contributed by atoms with E-state index in [-0.39, 0.29) is 5.91 Å². The molecule has 2 aromatic heterocycles. The lowest BCUT2D eigenvalue weighted by atomic mass is 10.2. The fourth-order valence-electron chi connectivity index (χ4n) is 5.58. The predicted molar refractivity (Wildman–Crippen MR) is 196 cm³/mol. The Kier molecular flexibility index (Phi) is 9.70. The first-order valence-corrected chi connectivity index (χ1v) is 16.6. The summed E-state index contributed by atoms with van der Waals surface area (Å²) in [5, 5.41) is 12.2. The molecule has 2 N–H and O–H groups in total. The molecule has 1 saturated carbocycles. The normalized spacial score (nSPS) is 12.7. The zero-order chi connectivity index (χ0) is 34.3. The molecule has 0 radical (unpaired) electrons. The molecule has 6 aromatic rings. The number of hydrogen-bond donors (Lipinski definition) is 2. The van der Waals surface area contributed by atoms with Gasteiger partial charge >= 0.3 is 0 Å². The van der Waals surface area contributed by atoms with Crippen molar-refractivity contribution in [1.29, 1.82) is 0 Å². The van der Waals surface area contributed by atoms with E-state index in [0.29, 0.717) is 58.1 Å². The van der Waals surface area contributed by atoms with Crippen LogP contribution in [0.25, 0.3) is 11.0 Å². The molecule has 252 valence electrons. The monoisotopic (exact) mass is 666 g/mol. The summed E-state index contributed by atoms with van der Waals surface area (Å²) in [4.78, 5) is 19.9. The van der Waals surface area contributed by atoms with Crippen LogP contribution in [0.5, 0.6) is 28.7 Å².